The van der Waals surface area contributed by atoms with Gasteiger partial charge in [0.1, 0.15) is 5.03 Å². The van der Waals surface area contributed by atoms with Gasteiger partial charge in [0, 0.05) is 11.8 Å². The van der Waals surface area contributed by atoms with E-state index in [-0.39, 0.29) is 11.5 Å². The fourth-order valence-corrected chi connectivity index (χ4v) is 1.31. The molecule has 5 heteroatoms. The highest BCUT2D eigenvalue weighted by molar-refractivity contribution is 7.99. The predicted octanol–water partition coefficient (Wildman–Crippen LogP) is 0.630. The predicted molar refractivity (Wildman–Crippen MR) is 50.2 cm³/mol. The summed E-state index contributed by atoms with van der Waals surface area (Å²) in [5, 5.41) is 0.621. The molecule has 0 saturated heterocycles. The van der Waals surface area contributed by atoms with Crippen molar-refractivity contribution in [3.05, 3.63) is 29.1 Å². The highest BCUT2D eigenvalue weighted by Crippen LogP contribution is 2.12. The molecule has 0 radical (unpaired) electrons. The van der Waals surface area contributed by atoms with Crippen molar-refractivity contribution >= 4 is 17.7 Å². The minimum absolute atomic E-state index is 0.147. The summed E-state index contributed by atoms with van der Waals surface area (Å²) in [6, 6.07) is 1.41. The third-order valence-corrected chi connectivity index (χ3v) is 1.99. The number of aromatic amines is 1. The van der Waals surface area contributed by atoms with Gasteiger partial charge >= 0.3 is 0 Å². The molecule has 0 aliphatic rings. The smallest absolute Gasteiger partial charge is 0.253 e. The first-order valence-electron chi connectivity index (χ1n) is 3.33. The van der Waals surface area contributed by atoms with E-state index >= 15 is 0 Å². The van der Waals surface area contributed by atoms with Crippen LogP contribution in [0.5, 0.6) is 0 Å². The van der Waals surface area contributed by atoms with Crippen LogP contribution in [0.1, 0.15) is 0 Å². The molecule has 0 atom stereocenters. The van der Waals surface area contributed by atoms with Gasteiger partial charge in [0.15, 0.2) is 0 Å². The molecular weight excluding hydrogens is 174 g/mol. The number of rotatable bonds is 3. The normalized spacial score (nSPS) is 9.67. The van der Waals surface area contributed by atoms with E-state index in [1.807, 2.05) is 0 Å². The Bertz CT molecular complexity index is 334. The standard InChI is InChI=1S/C7H9N3OS/c1-2-3-12-6-4-5(11)9-7(8)10-6/h2,4H,1,3H2,(H3,8,9,10,11). The van der Waals surface area contributed by atoms with Crippen LogP contribution in [-0.2, 0) is 0 Å². The number of nitrogens with zero attached hydrogens (tertiary/aromatic N) is 1. The quantitative estimate of drug-likeness (QED) is 0.409. The summed E-state index contributed by atoms with van der Waals surface area (Å²) >= 11 is 1.42. The Morgan fingerprint density at radius 3 is 3.17 bits per heavy atom. The molecule has 4 nitrogen and oxygen atoms in total. The van der Waals surface area contributed by atoms with Gasteiger partial charge in [-0.1, -0.05) is 6.08 Å². The first kappa shape index (κ1) is 8.86. The van der Waals surface area contributed by atoms with Gasteiger partial charge in [0.2, 0.25) is 5.95 Å². The molecule has 64 valence electrons. The first-order chi connectivity index (χ1) is 5.72. The average molecular weight is 183 g/mol. The summed E-state index contributed by atoms with van der Waals surface area (Å²) in [7, 11) is 0. The molecule has 0 amide bonds. The zero-order valence-corrected chi connectivity index (χ0v) is 7.23. The first-order valence-corrected chi connectivity index (χ1v) is 4.31. The minimum atomic E-state index is -0.228. The van der Waals surface area contributed by atoms with Crippen LogP contribution in [0, 0.1) is 0 Å². The molecule has 0 saturated carbocycles. The minimum Gasteiger partial charge on any atom is -0.369 e. The van der Waals surface area contributed by atoms with Gasteiger partial charge in [-0.3, -0.25) is 9.78 Å². The molecule has 0 aliphatic heterocycles. The second kappa shape index (κ2) is 3.96. The van der Waals surface area contributed by atoms with Gasteiger partial charge in [-0.2, -0.15) is 0 Å². The van der Waals surface area contributed by atoms with Crippen LogP contribution in [0.2, 0.25) is 0 Å². The highest BCUT2D eigenvalue weighted by Gasteiger charge is 1.96. The van der Waals surface area contributed by atoms with Crippen LogP contribution in [0.3, 0.4) is 0 Å². The van der Waals surface area contributed by atoms with Crippen molar-refractivity contribution in [1.82, 2.24) is 9.97 Å². The lowest BCUT2D eigenvalue weighted by molar-refractivity contribution is 1.03. The van der Waals surface area contributed by atoms with E-state index in [2.05, 4.69) is 16.5 Å². The van der Waals surface area contributed by atoms with Gasteiger partial charge in [0.05, 0.1) is 0 Å². The number of hydrogen-bond donors (Lipinski definition) is 2. The molecule has 1 heterocycles. The SMILES string of the molecule is C=CCSc1cc(=O)[nH]c(N)n1. The van der Waals surface area contributed by atoms with Crippen molar-refractivity contribution < 1.29 is 0 Å². The second-order valence-corrected chi connectivity index (χ2v) is 3.11. The molecule has 12 heavy (non-hydrogen) atoms. The molecule has 1 rings (SSSR count). The lowest BCUT2D eigenvalue weighted by atomic mass is 10.6. The number of nitrogens with one attached hydrogen (secondary N) is 1. The van der Waals surface area contributed by atoms with E-state index in [9.17, 15) is 4.79 Å². The van der Waals surface area contributed by atoms with E-state index in [0.29, 0.717) is 5.03 Å². The number of thioether (sulfide) groups is 1. The summed E-state index contributed by atoms with van der Waals surface area (Å²) in [6.45, 7) is 3.55. The fraction of sp³-hybridized carbons (Fsp3) is 0.143. The summed E-state index contributed by atoms with van der Waals surface area (Å²) < 4.78 is 0. The van der Waals surface area contributed by atoms with Gasteiger partial charge in [-0.25, -0.2) is 4.98 Å². The lowest BCUT2D eigenvalue weighted by Gasteiger charge is -1.96. The van der Waals surface area contributed by atoms with Crippen molar-refractivity contribution in [1.29, 1.82) is 0 Å². The van der Waals surface area contributed by atoms with Gasteiger partial charge in [-0.15, -0.1) is 18.3 Å². The third-order valence-electron chi connectivity index (χ3n) is 1.09. The number of nitrogen functional groups attached to an aromatic ring is 1. The van der Waals surface area contributed by atoms with Crippen molar-refractivity contribution in [2.75, 3.05) is 11.5 Å². The number of nitrogens with two attached hydrogens (primary N) is 1. The van der Waals surface area contributed by atoms with E-state index in [1.54, 1.807) is 6.08 Å². The molecule has 1 aromatic heterocycles. The zero-order chi connectivity index (χ0) is 8.97. The number of hydrogen-bond acceptors (Lipinski definition) is 4. The summed E-state index contributed by atoms with van der Waals surface area (Å²) in [4.78, 5) is 17.1. The summed E-state index contributed by atoms with van der Waals surface area (Å²) in [5.41, 5.74) is 5.10. The topological polar surface area (TPSA) is 71.8 Å². The Labute approximate surface area is 73.9 Å². The van der Waals surface area contributed by atoms with Crippen LogP contribution < -0.4 is 11.3 Å². The molecule has 0 fully saturated rings. The number of aromatic nitrogens is 2. The molecule has 0 aromatic carbocycles. The van der Waals surface area contributed by atoms with Crippen molar-refractivity contribution in [2.45, 2.75) is 5.03 Å². The Kier molecular flexibility index (Phi) is 2.93. The Morgan fingerprint density at radius 2 is 2.58 bits per heavy atom. The van der Waals surface area contributed by atoms with E-state index in [1.165, 1.54) is 17.8 Å². The van der Waals surface area contributed by atoms with Crippen LogP contribution in [-0.4, -0.2) is 15.7 Å². The Balaban J connectivity index is 2.85. The molecule has 0 bridgehead atoms. The van der Waals surface area contributed by atoms with Crippen LogP contribution in [0.25, 0.3) is 0 Å². The van der Waals surface area contributed by atoms with Crippen LogP contribution >= 0.6 is 11.8 Å². The molecule has 3 N–H and O–H groups in total. The van der Waals surface area contributed by atoms with Crippen molar-refractivity contribution in [2.24, 2.45) is 0 Å². The Morgan fingerprint density at radius 1 is 1.83 bits per heavy atom. The van der Waals surface area contributed by atoms with Gasteiger partial charge in [-0.05, 0) is 0 Å². The monoisotopic (exact) mass is 183 g/mol. The van der Waals surface area contributed by atoms with Crippen LogP contribution in [0.15, 0.2) is 28.5 Å². The largest absolute Gasteiger partial charge is 0.369 e. The second-order valence-electron chi connectivity index (χ2n) is 2.07. The number of anilines is 1. The van der Waals surface area contributed by atoms with Crippen LogP contribution in [0.4, 0.5) is 5.95 Å². The third kappa shape index (κ3) is 2.43. The fourth-order valence-electron chi connectivity index (χ4n) is 0.672. The number of H-pyrrole nitrogens is 1. The maximum atomic E-state index is 10.9. The molecule has 0 unspecified atom stereocenters. The van der Waals surface area contributed by atoms with Crippen molar-refractivity contribution in [3.8, 4) is 0 Å². The Hall–Kier alpha value is -1.23. The van der Waals surface area contributed by atoms with E-state index in [0.717, 1.165) is 5.75 Å². The molecule has 1 aromatic rings. The average Bonchev–Trinajstić information content (AvgIpc) is 1.99. The van der Waals surface area contributed by atoms with E-state index < -0.39 is 0 Å². The highest BCUT2D eigenvalue weighted by atomic mass is 32.2. The van der Waals surface area contributed by atoms with Gasteiger partial charge in [0.25, 0.3) is 5.56 Å². The molecular formula is C7H9N3OS. The maximum absolute atomic E-state index is 10.9. The molecule has 0 spiro atoms. The summed E-state index contributed by atoms with van der Waals surface area (Å²) in [6.07, 6.45) is 1.74. The van der Waals surface area contributed by atoms with Gasteiger partial charge < -0.3 is 5.73 Å². The summed E-state index contributed by atoms with van der Waals surface area (Å²) in [5.74, 6) is 0.865. The zero-order valence-electron chi connectivity index (χ0n) is 6.41. The van der Waals surface area contributed by atoms with E-state index in [4.69, 9.17) is 5.73 Å². The maximum Gasteiger partial charge on any atom is 0.253 e. The van der Waals surface area contributed by atoms with Crippen molar-refractivity contribution in [3.63, 3.8) is 0 Å². The lowest BCUT2D eigenvalue weighted by Crippen LogP contribution is -2.09. The molecule has 0 aliphatic carbocycles.